The first-order valence-electron chi connectivity index (χ1n) is 19.2. The minimum atomic E-state index is -0.683. The summed E-state index contributed by atoms with van der Waals surface area (Å²) in [6.45, 7) is 13.9. The number of amides is 2. The minimum Gasteiger partial charge on any atom is -0.381 e. The Balaban J connectivity index is 0.00000514. The summed E-state index contributed by atoms with van der Waals surface area (Å²) in [6, 6.07) is 20.2. The zero-order valence-corrected chi connectivity index (χ0v) is 32.8. The Morgan fingerprint density at radius 1 is 0.964 bits per heavy atom. The van der Waals surface area contributed by atoms with Gasteiger partial charge in [-0.15, -0.1) is 12.4 Å². The lowest BCUT2D eigenvalue weighted by Gasteiger charge is -2.29. The number of carbonyl (C=O) groups excluding carboxylic acids is 2. The SMILES string of the molecule is CCc1nc2c(cnn2CC)c(NC2CCOCC2)c1CN(Cc1ccc(C)c(-c2cccc(CN3CCNCC3)c2)c1)C(=O)c1cccc(C(N)=O)n1.Cl. The van der Waals surface area contributed by atoms with Gasteiger partial charge in [0.25, 0.3) is 11.8 Å². The summed E-state index contributed by atoms with van der Waals surface area (Å²) in [5.41, 5.74) is 15.1. The van der Waals surface area contributed by atoms with E-state index in [1.54, 1.807) is 12.1 Å². The number of benzene rings is 2. The molecule has 2 aromatic carbocycles. The molecule has 2 saturated heterocycles. The zero-order chi connectivity index (χ0) is 37.6. The molecule has 0 spiro atoms. The summed E-state index contributed by atoms with van der Waals surface area (Å²) in [5.74, 6) is -0.987. The van der Waals surface area contributed by atoms with E-state index in [-0.39, 0.29) is 42.3 Å². The van der Waals surface area contributed by atoms with E-state index in [4.69, 9.17) is 15.5 Å². The average Bonchev–Trinajstić information content (AvgIpc) is 3.62. The van der Waals surface area contributed by atoms with Crippen molar-refractivity contribution in [3.8, 4) is 11.1 Å². The number of fused-ring (bicyclic) bond motifs is 1. The summed E-state index contributed by atoms with van der Waals surface area (Å²) in [5, 5.41) is 12.9. The van der Waals surface area contributed by atoms with E-state index in [1.807, 2.05) is 15.8 Å². The quantitative estimate of drug-likeness (QED) is 0.137. The lowest BCUT2D eigenvalue weighted by atomic mass is 9.96. The molecule has 3 aromatic heterocycles. The first kappa shape index (κ1) is 39.8. The van der Waals surface area contributed by atoms with Crippen molar-refractivity contribution in [2.75, 3.05) is 44.7 Å². The summed E-state index contributed by atoms with van der Waals surface area (Å²) in [4.78, 5) is 40.6. The van der Waals surface area contributed by atoms with Crippen molar-refractivity contribution in [3.05, 3.63) is 106 Å². The van der Waals surface area contributed by atoms with Gasteiger partial charge < -0.3 is 26.0 Å². The molecule has 0 bridgehead atoms. The standard InChI is InChI=1S/C42H51N9O3.ClH/c1-4-36-35(39(46-32-14-20-54-21-15-32)34-24-45-51(5-2)41(34)48-36)27-50(42(53)38-11-7-10-37(47-38)40(43)52)26-30-13-12-28(3)33(23-30)31-9-6-8-29(22-31)25-49-18-16-44-17-19-49;/h6-13,22-24,32,44H,4-5,14-21,25-27H2,1-3H3,(H2,43,52)(H,46,48);1H. The number of hydrogen-bond acceptors (Lipinski definition) is 9. The van der Waals surface area contributed by atoms with E-state index in [0.717, 1.165) is 95.8 Å². The number of aryl methyl sites for hydroxylation is 3. The molecule has 5 aromatic rings. The smallest absolute Gasteiger partial charge is 0.273 e. The largest absolute Gasteiger partial charge is 0.381 e. The van der Waals surface area contributed by atoms with Crippen molar-refractivity contribution < 1.29 is 14.3 Å². The number of carbonyl (C=O) groups is 2. The van der Waals surface area contributed by atoms with Crippen LogP contribution in [0.15, 0.2) is 66.9 Å². The number of halogens is 1. The Bertz CT molecular complexity index is 2130. The van der Waals surface area contributed by atoms with E-state index in [9.17, 15) is 9.59 Å². The van der Waals surface area contributed by atoms with Crippen LogP contribution >= 0.6 is 12.4 Å². The van der Waals surface area contributed by atoms with Gasteiger partial charge in [0.05, 0.1) is 23.8 Å². The minimum absolute atomic E-state index is 0. The van der Waals surface area contributed by atoms with Crippen molar-refractivity contribution >= 4 is 40.9 Å². The number of pyridine rings is 2. The Labute approximate surface area is 329 Å². The maximum atomic E-state index is 14.6. The molecule has 290 valence electrons. The van der Waals surface area contributed by atoms with Gasteiger partial charge in [-0.25, -0.2) is 14.6 Å². The number of ether oxygens (including phenoxy) is 1. The summed E-state index contributed by atoms with van der Waals surface area (Å²) in [6.07, 6.45) is 4.30. The lowest BCUT2D eigenvalue weighted by molar-refractivity contribution is 0.0723. The molecule has 5 heterocycles. The molecule has 2 aliphatic heterocycles. The molecule has 4 N–H and O–H groups in total. The predicted molar refractivity (Wildman–Crippen MR) is 218 cm³/mol. The first-order valence-corrected chi connectivity index (χ1v) is 19.2. The fourth-order valence-electron chi connectivity index (χ4n) is 7.59. The number of nitrogens with one attached hydrogen (secondary N) is 2. The summed E-state index contributed by atoms with van der Waals surface area (Å²) in [7, 11) is 0. The molecule has 2 fully saturated rings. The Morgan fingerprint density at radius 3 is 2.47 bits per heavy atom. The molecule has 0 atom stereocenters. The van der Waals surface area contributed by atoms with Crippen LogP contribution in [0.2, 0.25) is 0 Å². The van der Waals surface area contributed by atoms with Crippen LogP contribution in [0.4, 0.5) is 5.69 Å². The van der Waals surface area contributed by atoms with Crippen LogP contribution in [0.25, 0.3) is 22.2 Å². The van der Waals surface area contributed by atoms with Gasteiger partial charge >= 0.3 is 0 Å². The monoisotopic (exact) mass is 765 g/mol. The zero-order valence-electron chi connectivity index (χ0n) is 32.0. The molecule has 12 nitrogen and oxygen atoms in total. The van der Waals surface area contributed by atoms with Gasteiger partial charge in [-0.2, -0.15) is 5.10 Å². The second-order valence-electron chi connectivity index (χ2n) is 14.3. The molecule has 7 rings (SSSR count). The number of aromatic nitrogens is 4. The van der Waals surface area contributed by atoms with Gasteiger partial charge in [0.2, 0.25) is 0 Å². The third-order valence-electron chi connectivity index (χ3n) is 10.6. The highest BCUT2D eigenvalue weighted by Crippen LogP contribution is 2.34. The Hall–Kier alpha value is -4.88. The summed E-state index contributed by atoms with van der Waals surface area (Å²) < 4.78 is 7.60. The van der Waals surface area contributed by atoms with E-state index in [2.05, 4.69) is 88.9 Å². The van der Waals surface area contributed by atoms with Gasteiger partial charge in [0.15, 0.2) is 5.65 Å². The molecule has 0 aliphatic carbocycles. The Morgan fingerprint density at radius 2 is 1.73 bits per heavy atom. The van der Waals surface area contributed by atoms with Crippen molar-refractivity contribution in [3.63, 3.8) is 0 Å². The van der Waals surface area contributed by atoms with E-state index >= 15 is 0 Å². The van der Waals surface area contributed by atoms with Crippen LogP contribution in [0.5, 0.6) is 0 Å². The highest BCUT2D eigenvalue weighted by molar-refractivity contribution is 5.96. The molecular formula is C42H52ClN9O3. The normalized spacial score (nSPS) is 15.1. The van der Waals surface area contributed by atoms with E-state index in [0.29, 0.717) is 32.7 Å². The van der Waals surface area contributed by atoms with Gasteiger partial charge in [-0.05, 0) is 85.2 Å². The molecule has 2 amide bonds. The maximum Gasteiger partial charge on any atom is 0.273 e. The third-order valence-corrected chi connectivity index (χ3v) is 10.6. The average molecular weight is 766 g/mol. The van der Waals surface area contributed by atoms with Crippen LogP contribution in [-0.2, 0) is 37.3 Å². The van der Waals surface area contributed by atoms with Crippen molar-refractivity contribution in [1.82, 2.24) is 34.9 Å². The van der Waals surface area contributed by atoms with Crippen LogP contribution in [0.3, 0.4) is 0 Å². The molecule has 2 aliphatic rings. The number of hydrogen-bond donors (Lipinski definition) is 3. The van der Waals surface area contributed by atoms with Crippen LogP contribution in [-0.4, -0.2) is 86.8 Å². The number of piperazine rings is 1. The molecule has 0 unspecified atom stereocenters. The fraction of sp³-hybridized carbons (Fsp3) is 0.405. The summed E-state index contributed by atoms with van der Waals surface area (Å²) >= 11 is 0. The second-order valence-corrected chi connectivity index (χ2v) is 14.3. The maximum absolute atomic E-state index is 14.6. The lowest BCUT2D eigenvalue weighted by Crippen LogP contribution is -2.42. The predicted octanol–water partition coefficient (Wildman–Crippen LogP) is 5.74. The van der Waals surface area contributed by atoms with Gasteiger partial charge in [0.1, 0.15) is 11.4 Å². The van der Waals surface area contributed by atoms with Crippen molar-refractivity contribution in [2.24, 2.45) is 5.73 Å². The topological polar surface area (TPSA) is 144 Å². The fourth-order valence-corrected chi connectivity index (χ4v) is 7.59. The molecule has 0 saturated carbocycles. The van der Waals surface area contributed by atoms with Crippen LogP contribution in [0.1, 0.15) is 75.6 Å². The number of nitrogens with zero attached hydrogens (tertiary/aromatic N) is 6. The molecular weight excluding hydrogens is 714 g/mol. The molecule has 55 heavy (non-hydrogen) atoms. The number of nitrogens with two attached hydrogens (primary N) is 1. The Kier molecular flexibility index (Phi) is 13.1. The second kappa shape index (κ2) is 18.2. The number of rotatable bonds is 13. The first-order chi connectivity index (χ1) is 26.3. The third kappa shape index (κ3) is 9.16. The molecule has 13 heteroatoms. The number of primary amides is 1. The highest BCUT2D eigenvalue weighted by Gasteiger charge is 2.26. The van der Waals surface area contributed by atoms with E-state index < -0.39 is 5.91 Å². The van der Waals surface area contributed by atoms with Crippen molar-refractivity contribution in [2.45, 2.75) is 72.3 Å². The van der Waals surface area contributed by atoms with Crippen molar-refractivity contribution in [1.29, 1.82) is 0 Å². The van der Waals surface area contributed by atoms with Crippen LogP contribution in [0, 0.1) is 6.92 Å². The van der Waals surface area contributed by atoms with E-state index in [1.165, 1.54) is 11.6 Å². The molecule has 0 radical (unpaired) electrons. The van der Waals surface area contributed by atoms with Gasteiger partial charge in [-0.1, -0.05) is 43.3 Å². The van der Waals surface area contributed by atoms with Crippen LogP contribution < -0.4 is 16.4 Å². The number of anilines is 1. The highest BCUT2D eigenvalue weighted by atomic mass is 35.5. The van der Waals surface area contributed by atoms with Gasteiger partial charge in [0, 0.05) is 76.3 Å². The van der Waals surface area contributed by atoms with Gasteiger partial charge in [-0.3, -0.25) is 14.5 Å².